The molecule has 92 valence electrons. The number of para-hydroxylation sites is 1. The van der Waals surface area contributed by atoms with Crippen molar-refractivity contribution < 1.29 is 4.74 Å². The van der Waals surface area contributed by atoms with Gasteiger partial charge in [-0.05, 0) is 36.8 Å². The molecule has 0 fully saturated rings. The summed E-state index contributed by atoms with van der Waals surface area (Å²) in [4.78, 5) is 1.32. The number of hydrogen-bond acceptors (Lipinski definition) is 3. The third kappa shape index (κ3) is 2.18. The number of hydrogen-bond donors (Lipinski definition) is 1. The fourth-order valence-electron chi connectivity index (χ4n) is 2.04. The molecule has 0 radical (unpaired) electrons. The topological polar surface area (TPSA) is 21.3 Å². The standard InChI is InChI=1S/C15H15NOS/c1-2-17-12-9-7-11(8-10-12)15-16-13-5-3-4-6-14(13)18-15/h3-10,15-16H,2H2,1H3. The van der Waals surface area contributed by atoms with Gasteiger partial charge in [0.15, 0.2) is 0 Å². The summed E-state index contributed by atoms with van der Waals surface area (Å²) in [6, 6.07) is 16.7. The average molecular weight is 257 g/mol. The van der Waals surface area contributed by atoms with E-state index in [4.69, 9.17) is 4.74 Å². The Morgan fingerprint density at radius 2 is 1.89 bits per heavy atom. The van der Waals surface area contributed by atoms with Crippen LogP contribution in [0.2, 0.25) is 0 Å². The van der Waals surface area contributed by atoms with Crippen LogP contribution in [-0.4, -0.2) is 6.61 Å². The van der Waals surface area contributed by atoms with Crippen molar-refractivity contribution in [2.75, 3.05) is 11.9 Å². The SMILES string of the molecule is CCOc1ccc(C2Nc3ccccc3S2)cc1. The second-order valence-corrected chi connectivity index (χ2v) is 5.29. The molecule has 2 aromatic carbocycles. The van der Waals surface area contributed by atoms with Crippen LogP contribution in [0, 0.1) is 0 Å². The zero-order valence-electron chi connectivity index (χ0n) is 10.2. The molecule has 0 saturated heterocycles. The van der Waals surface area contributed by atoms with Gasteiger partial charge in [-0.3, -0.25) is 0 Å². The molecular formula is C15H15NOS. The normalized spacial score (nSPS) is 17.1. The first-order valence-electron chi connectivity index (χ1n) is 6.12. The molecule has 0 amide bonds. The van der Waals surface area contributed by atoms with E-state index in [9.17, 15) is 0 Å². The lowest BCUT2D eigenvalue weighted by molar-refractivity contribution is 0.340. The fraction of sp³-hybridized carbons (Fsp3) is 0.200. The van der Waals surface area contributed by atoms with E-state index in [1.54, 1.807) is 0 Å². The van der Waals surface area contributed by atoms with Crippen LogP contribution in [0.1, 0.15) is 17.9 Å². The van der Waals surface area contributed by atoms with Crippen molar-refractivity contribution in [3.63, 3.8) is 0 Å². The maximum atomic E-state index is 5.46. The lowest BCUT2D eigenvalue weighted by Gasteiger charge is -2.11. The molecule has 1 N–H and O–H groups in total. The highest BCUT2D eigenvalue weighted by Gasteiger charge is 2.21. The zero-order valence-corrected chi connectivity index (χ0v) is 11.0. The van der Waals surface area contributed by atoms with Crippen molar-refractivity contribution in [3.8, 4) is 5.75 Å². The second-order valence-electron chi connectivity index (χ2n) is 4.14. The van der Waals surface area contributed by atoms with Gasteiger partial charge >= 0.3 is 0 Å². The molecule has 1 heterocycles. The van der Waals surface area contributed by atoms with Crippen LogP contribution in [0.5, 0.6) is 5.75 Å². The van der Waals surface area contributed by atoms with Gasteiger partial charge in [-0.1, -0.05) is 36.0 Å². The summed E-state index contributed by atoms with van der Waals surface area (Å²) in [6.07, 6.45) is 0. The first kappa shape index (κ1) is 11.5. The zero-order chi connectivity index (χ0) is 12.4. The summed E-state index contributed by atoms with van der Waals surface area (Å²) in [6.45, 7) is 2.71. The number of anilines is 1. The van der Waals surface area contributed by atoms with Crippen LogP contribution in [0.3, 0.4) is 0 Å². The van der Waals surface area contributed by atoms with Gasteiger partial charge < -0.3 is 10.1 Å². The van der Waals surface area contributed by atoms with Crippen LogP contribution in [0.4, 0.5) is 5.69 Å². The molecular weight excluding hydrogens is 242 g/mol. The molecule has 0 saturated carbocycles. The van der Waals surface area contributed by atoms with Crippen molar-refractivity contribution >= 4 is 17.4 Å². The van der Waals surface area contributed by atoms with E-state index in [1.807, 2.05) is 30.8 Å². The van der Waals surface area contributed by atoms with Crippen LogP contribution in [0.25, 0.3) is 0 Å². The third-order valence-corrected chi connectivity index (χ3v) is 4.15. The van der Waals surface area contributed by atoms with Crippen molar-refractivity contribution in [1.29, 1.82) is 0 Å². The van der Waals surface area contributed by atoms with Crippen molar-refractivity contribution in [2.45, 2.75) is 17.2 Å². The molecule has 1 unspecified atom stereocenters. The van der Waals surface area contributed by atoms with Gasteiger partial charge in [-0.25, -0.2) is 0 Å². The lowest BCUT2D eigenvalue weighted by Crippen LogP contribution is -2.01. The number of rotatable bonds is 3. The van der Waals surface area contributed by atoms with Crippen molar-refractivity contribution in [2.24, 2.45) is 0 Å². The summed E-state index contributed by atoms with van der Waals surface area (Å²) in [5, 5.41) is 3.83. The molecule has 3 heteroatoms. The van der Waals surface area contributed by atoms with Gasteiger partial charge in [0.1, 0.15) is 11.1 Å². The average Bonchev–Trinajstić information content (AvgIpc) is 2.84. The van der Waals surface area contributed by atoms with E-state index in [0.29, 0.717) is 12.0 Å². The Labute approximate surface area is 111 Å². The molecule has 1 atom stereocenters. The van der Waals surface area contributed by atoms with Gasteiger partial charge in [0.05, 0.1) is 6.61 Å². The molecule has 0 spiro atoms. The van der Waals surface area contributed by atoms with E-state index < -0.39 is 0 Å². The van der Waals surface area contributed by atoms with Gasteiger partial charge in [0.25, 0.3) is 0 Å². The molecule has 2 nitrogen and oxygen atoms in total. The van der Waals surface area contributed by atoms with Gasteiger partial charge in [0, 0.05) is 10.6 Å². The van der Waals surface area contributed by atoms with E-state index in [2.05, 4.69) is 41.7 Å². The minimum Gasteiger partial charge on any atom is -0.494 e. The number of benzene rings is 2. The summed E-state index contributed by atoms with van der Waals surface area (Å²) in [5.74, 6) is 0.932. The van der Waals surface area contributed by atoms with E-state index in [0.717, 1.165) is 5.75 Å². The third-order valence-electron chi connectivity index (χ3n) is 2.91. The summed E-state index contributed by atoms with van der Waals surface area (Å²) >= 11 is 1.86. The van der Waals surface area contributed by atoms with Crippen LogP contribution < -0.4 is 10.1 Å². The molecule has 1 aliphatic heterocycles. The predicted octanol–water partition coefficient (Wildman–Crippen LogP) is 4.30. The number of ether oxygens (including phenoxy) is 1. The predicted molar refractivity (Wildman–Crippen MR) is 76.3 cm³/mol. The van der Waals surface area contributed by atoms with E-state index >= 15 is 0 Å². The largest absolute Gasteiger partial charge is 0.494 e. The summed E-state index contributed by atoms with van der Waals surface area (Å²) in [5.41, 5.74) is 2.50. The van der Waals surface area contributed by atoms with Crippen LogP contribution in [-0.2, 0) is 0 Å². The number of nitrogens with one attached hydrogen (secondary N) is 1. The Kier molecular flexibility index (Phi) is 3.15. The summed E-state index contributed by atoms with van der Waals surface area (Å²) in [7, 11) is 0. The fourth-order valence-corrected chi connectivity index (χ4v) is 3.19. The maximum absolute atomic E-state index is 5.46. The minimum absolute atomic E-state index is 0.304. The highest BCUT2D eigenvalue weighted by Crippen LogP contribution is 2.46. The minimum atomic E-state index is 0.304. The molecule has 2 aromatic rings. The highest BCUT2D eigenvalue weighted by molar-refractivity contribution is 8.00. The number of fused-ring (bicyclic) bond motifs is 1. The van der Waals surface area contributed by atoms with Crippen molar-refractivity contribution in [1.82, 2.24) is 0 Å². The number of thioether (sulfide) groups is 1. The Morgan fingerprint density at radius 1 is 1.11 bits per heavy atom. The Hall–Kier alpha value is -1.61. The Balaban J connectivity index is 1.78. The first-order chi connectivity index (χ1) is 8.86. The maximum Gasteiger partial charge on any atom is 0.119 e. The molecule has 3 rings (SSSR count). The van der Waals surface area contributed by atoms with E-state index in [1.165, 1.54) is 16.1 Å². The first-order valence-corrected chi connectivity index (χ1v) is 7.00. The smallest absolute Gasteiger partial charge is 0.119 e. The monoisotopic (exact) mass is 257 g/mol. The van der Waals surface area contributed by atoms with Crippen LogP contribution >= 0.6 is 11.8 Å². The summed E-state index contributed by atoms with van der Waals surface area (Å²) < 4.78 is 5.46. The quantitative estimate of drug-likeness (QED) is 0.885. The van der Waals surface area contributed by atoms with Gasteiger partial charge in [0.2, 0.25) is 0 Å². The Morgan fingerprint density at radius 3 is 2.61 bits per heavy atom. The van der Waals surface area contributed by atoms with Crippen molar-refractivity contribution in [3.05, 3.63) is 54.1 Å². The van der Waals surface area contributed by atoms with E-state index in [-0.39, 0.29) is 0 Å². The van der Waals surface area contributed by atoms with Gasteiger partial charge in [-0.2, -0.15) is 0 Å². The second kappa shape index (κ2) is 4.94. The highest BCUT2D eigenvalue weighted by atomic mass is 32.2. The Bertz CT molecular complexity index is 513. The lowest BCUT2D eigenvalue weighted by atomic mass is 10.2. The molecule has 0 aromatic heterocycles. The molecule has 18 heavy (non-hydrogen) atoms. The molecule has 0 aliphatic carbocycles. The molecule has 0 bridgehead atoms. The molecule has 1 aliphatic rings. The van der Waals surface area contributed by atoms with Gasteiger partial charge in [-0.15, -0.1) is 0 Å². The van der Waals surface area contributed by atoms with Crippen LogP contribution in [0.15, 0.2) is 53.4 Å².